The Kier molecular flexibility index (Phi) is 1.48. The van der Waals surface area contributed by atoms with Crippen molar-refractivity contribution in [2.24, 2.45) is 5.41 Å². The van der Waals surface area contributed by atoms with E-state index in [0.29, 0.717) is 19.4 Å². The standard InChI is InChI=1S/C8H11NO3/c1-5-8(2-3-12-5)4-6(10)9-7(8)11/h5H,2-4H2,1H3,(H,9,10,11). The van der Waals surface area contributed by atoms with Crippen LogP contribution < -0.4 is 5.32 Å². The lowest BCUT2D eigenvalue weighted by Crippen LogP contribution is -2.36. The second-order valence-electron chi connectivity index (χ2n) is 3.47. The third-order valence-corrected chi connectivity index (χ3v) is 2.88. The van der Waals surface area contributed by atoms with Crippen molar-refractivity contribution >= 4 is 11.8 Å². The molecule has 2 unspecified atom stereocenters. The Balaban J connectivity index is 2.31. The van der Waals surface area contributed by atoms with Gasteiger partial charge in [0.05, 0.1) is 11.5 Å². The molecule has 4 heteroatoms. The van der Waals surface area contributed by atoms with E-state index in [1.807, 2.05) is 6.92 Å². The first kappa shape index (κ1) is 7.73. The summed E-state index contributed by atoms with van der Waals surface area (Å²) < 4.78 is 5.30. The maximum absolute atomic E-state index is 11.4. The van der Waals surface area contributed by atoms with Crippen molar-refractivity contribution in [3.05, 3.63) is 0 Å². The van der Waals surface area contributed by atoms with Gasteiger partial charge >= 0.3 is 0 Å². The highest BCUT2D eigenvalue weighted by Crippen LogP contribution is 2.41. The van der Waals surface area contributed by atoms with Crippen molar-refractivity contribution < 1.29 is 14.3 Å². The first-order chi connectivity index (χ1) is 5.65. The Bertz CT molecular complexity index is 251. The van der Waals surface area contributed by atoms with Crippen molar-refractivity contribution in [3.63, 3.8) is 0 Å². The predicted octanol–water partition coefficient (Wildman–Crippen LogP) is -0.172. The highest BCUT2D eigenvalue weighted by atomic mass is 16.5. The third-order valence-electron chi connectivity index (χ3n) is 2.88. The van der Waals surface area contributed by atoms with Crippen LogP contribution >= 0.6 is 0 Å². The lowest BCUT2D eigenvalue weighted by Gasteiger charge is -2.21. The Hall–Kier alpha value is -0.900. The zero-order chi connectivity index (χ0) is 8.77. The molecule has 0 aliphatic carbocycles. The van der Waals surface area contributed by atoms with Gasteiger partial charge in [-0.05, 0) is 13.3 Å². The number of hydrogen-bond acceptors (Lipinski definition) is 3. The van der Waals surface area contributed by atoms with E-state index in [2.05, 4.69) is 5.32 Å². The molecule has 2 amide bonds. The molecule has 0 aromatic carbocycles. The molecule has 0 saturated carbocycles. The Morgan fingerprint density at radius 1 is 1.58 bits per heavy atom. The van der Waals surface area contributed by atoms with E-state index in [-0.39, 0.29) is 17.9 Å². The van der Waals surface area contributed by atoms with E-state index in [1.165, 1.54) is 0 Å². The van der Waals surface area contributed by atoms with Gasteiger partial charge in [-0.1, -0.05) is 0 Å². The predicted molar refractivity (Wildman–Crippen MR) is 40.2 cm³/mol. The van der Waals surface area contributed by atoms with Crippen molar-refractivity contribution in [2.45, 2.75) is 25.9 Å². The molecule has 0 radical (unpaired) electrons. The molecule has 0 bridgehead atoms. The highest BCUT2D eigenvalue weighted by Gasteiger charge is 2.53. The summed E-state index contributed by atoms with van der Waals surface area (Å²) in [6.07, 6.45) is 0.850. The summed E-state index contributed by atoms with van der Waals surface area (Å²) in [4.78, 5) is 22.4. The van der Waals surface area contributed by atoms with E-state index in [9.17, 15) is 9.59 Å². The second kappa shape index (κ2) is 2.29. The average Bonchev–Trinajstić information content (AvgIpc) is 2.44. The van der Waals surface area contributed by atoms with E-state index in [1.54, 1.807) is 0 Å². The van der Waals surface area contributed by atoms with Gasteiger partial charge in [0.2, 0.25) is 11.8 Å². The molecule has 0 aromatic rings. The zero-order valence-corrected chi connectivity index (χ0v) is 6.92. The van der Waals surface area contributed by atoms with Gasteiger partial charge in [-0.15, -0.1) is 0 Å². The number of amides is 2. The summed E-state index contributed by atoms with van der Waals surface area (Å²) in [5.41, 5.74) is -0.545. The average molecular weight is 169 g/mol. The van der Waals surface area contributed by atoms with Gasteiger partial charge in [-0.3, -0.25) is 14.9 Å². The smallest absolute Gasteiger partial charge is 0.235 e. The van der Waals surface area contributed by atoms with Crippen LogP contribution in [0.4, 0.5) is 0 Å². The molecule has 4 nitrogen and oxygen atoms in total. The van der Waals surface area contributed by atoms with Crippen LogP contribution in [0, 0.1) is 5.41 Å². The van der Waals surface area contributed by atoms with E-state index in [0.717, 1.165) is 0 Å². The van der Waals surface area contributed by atoms with Crippen LogP contribution in [-0.2, 0) is 14.3 Å². The van der Waals surface area contributed by atoms with Gasteiger partial charge in [0.25, 0.3) is 0 Å². The third kappa shape index (κ3) is 0.813. The molecule has 2 atom stereocenters. The normalized spacial score (nSPS) is 40.9. The van der Waals surface area contributed by atoms with Crippen LogP contribution in [0.25, 0.3) is 0 Å². The molecule has 2 rings (SSSR count). The molecular formula is C8H11NO3. The number of imide groups is 1. The number of hydrogen-bond donors (Lipinski definition) is 1. The summed E-state index contributed by atoms with van der Waals surface area (Å²) in [6, 6.07) is 0. The fourth-order valence-electron chi connectivity index (χ4n) is 1.97. The zero-order valence-electron chi connectivity index (χ0n) is 6.92. The van der Waals surface area contributed by atoms with Crippen LogP contribution in [0.15, 0.2) is 0 Å². The highest BCUT2D eigenvalue weighted by molar-refractivity contribution is 6.06. The van der Waals surface area contributed by atoms with Crippen LogP contribution in [0.1, 0.15) is 19.8 Å². The molecule has 0 aromatic heterocycles. The number of carbonyl (C=O) groups is 2. The lowest BCUT2D eigenvalue weighted by atomic mass is 9.80. The molecule has 2 fully saturated rings. The van der Waals surface area contributed by atoms with Gasteiger partial charge in [-0.2, -0.15) is 0 Å². The minimum atomic E-state index is -0.545. The van der Waals surface area contributed by atoms with E-state index < -0.39 is 5.41 Å². The van der Waals surface area contributed by atoms with Crippen molar-refractivity contribution in [1.82, 2.24) is 5.32 Å². The second-order valence-corrected chi connectivity index (χ2v) is 3.47. The molecule has 1 N–H and O–H groups in total. The van der Waals surface area contributed by atoms with Gasteiger partial charge in [0, 0.05) is 13.0 Å². The number of carbonyl (C=O) groups excluding carboxylic acids is 2. The number of rotatable bonds is 0. The fourth-order valence-corrected chi connectivity index (χ4v) is 1.97. The Morgan fingerprint density at radius 3 is 2.75 bits per heavy atom. The summed E-state index contributed by atoms with van der Waals surface area (Å²) in [7, 11) is 0. The number of nitrogens with one attached hydrogen (secondary N) is 1. The molecule has 2 saturated heterocycles. The fraction of sp³-hybridized carbons (Fsp3) is 0.750. The molecule has 2 heterocycles. The Morgan fingerprint density at radius 2 is 2.33 bits per heavy atom. The molecule has 2 aliphatic rings. The summed E-state index contributed by atoms with van der Waals surface area (Å²) >= 11 is 0. The summed E-state index contributed by atoms with van der Waals surface area (Å²) in [6.45, 7) is 2.44. The van der Waals surface area contributed by atoms with Crippen LogP contribution in [-0.4, -0.2) is 24.5 Å². The molecule has 12 heavy (non-hydrogen) atoms. The molecular weight excluding hydrogens is 158 g/mol. The quantitative estimate of drug-likeness (QED) is 0.512. The van der Waals surface area contributed by atoms with Gasteiger partial charge in [-0.25, -0.2) is 0 Å². The maximum Gasteiger partial charge on any atom is 0.235 e. The first-order valence-electron chi connectivity index (χ1n) is 4.11. The topological polar surface area (TPSA) is 55.4 Å². The lowest BCUT2D eigenvalue weighted by molar-refractivity contribution is -0.130. The monoisotopic (exact) mass is 169 g/mol. The maximum atomic E-state index is 11.4. The molecule has 66 valence electrons. The largest absolute Gasteiger partial charge is 0.377 e. The summed E-state index contributed by atoms with van der Waals surface area (Å²) in [5, 5.41) is 2.32. The van der Waals surface area contributed by atoms with Crippen LogP contribution in [0.2, 0.25) is 0 Å². The van der Waals surface area contributed by atoms with Crippen molar-refractivity contribution in [3.8, 4) is 0 Å². The summed E-state index contributed by atoms with van der Waals surface area (Å²) in [5.74, 6) is -0.324. The minimum absolute atomic E-state index is 0.121. The molecule has 2 aliphatic heterocycles. The van der Waals surface area contributed by atoms with Crippen molar-refractivity contribution in [2.75, 3.05) is 6.61 Å². The minimum Gasteiger partial charge on any atom is -0.377 e. The van der Waals surface area contributed by atoms with Crippen LogP contribution in [0.5, 0.6) is 0 Å². The van der Waals surface area contributed by atoms with Crippen LogP contribution in [0.3, 0.4) is 0 Å². The first-order valence-corrected chi connectivity index (χ1v) is 4.11. The molecule has 1 spiro atoms. The van der Waals surface area contributed by atoms with Crippen molar-refractivity contribution in [1.29, 1.82) is 0 Å². The van der Waals surface area contributed by atoms with Gasteiger partial charge in [0.15, 0.2) is 0 Å². The van der Waals surface area contributed by atoms with E-state index >= 15 is 0 Å². The van der Waals surface area contributed by atoms with Gasteiger partial charge in [0.1, 0.15) is 0 Å². The Labute approximate surface area is 70.3 Å². The van der Waals surface area contributed by atoms with Gasteiger partial charge < -0.3 is 4.74 Å². The van der Waals surface area contributed by atoms with E-state index in [4.69, 9.17) is 4.74 Å². The SMILES string of the molecule is CC1OCCC12CC(=O)NC2=O. The number of ether oxygens (including phenoxy) is 1.